The van der Waals surface area contributed by atoms with Gasteiger partial charge in [0.05, 0.1) is 12.6 Å². The second-order valence-electron chi connectivity index (χ2n) is 9.42. The van der Waals surface area contributed by atoms with Crippen LogP contribution in [-0.2, 0) is 13.1 Å². The third kappa shape index (κ3) is 5.18. The van der Waals surface area contributed by atoms with Crippen molar-refractivity contribution in [2.45, 2.75) is 38.9 Å². The SMILES string of the molecule is [B]N(Cc1ccc2c(c1)OCCO2)C1CCN(CCn2c(=O)ccc3c(C)cc(OC)cc32)CC1. The van der Waals surface area contributed by atoms with E-state index in [1.54, 1.807) is 13.2 Å². The van der Waals surface area contributed by atoms with E-state index >= 15 is 0 Å². The molecule has 2 radical (unpaired) electrons. The summed E-state index contributed by atoms with van der Waals surface area (Å²) in [5.41, 5.74) is 3.18. The number of aromatic nitrogens is 1. The predicted octanol–water partition coefficient (Wildman–Crippen LogP) is 3.14. The predicted molar refractivity (Wildman–Crippen MR) is 138 cm³/mol. The van der Waals surface area contributed by atoms with E-state index in [1.165, 1.54) is 0 Å². The topological polar surface area (TPSA) is 56.2 Å². The molecule has 1 aromatic heterocycles. The van der Waals surface area contributed by atoms with Gasteiger partial charge in [-0.25, -0.2) is 0 Å². The van der Waals surface area contributed by atoms with Crippen LogP contribution in [0.2, 0.25) is 0 Å². The molecule has 2 aliphatic rings. The number of fused-ring (bicyclic) bond motifs is 2. The van der Waals surface area contributed by atoms with E-state index in [-0.39, 0.29) is 5.56 Å². The van der Waals surface area contributed by atoms with Crippen molar-refractivity contribution in [3.63, 3.8) is 0 Å². The summed E-state index contributed by atoms with van der Waals surface area (Å²) in [6.07, 6.45) is 2.00. The number of methoxy groups -OCH3 is 1. The van der Waals surface area contributed by atoms with Gasteiger partial charge in [-0.05, 0) is 68.2 Å². The Labute approximate surface area is 207 Å². The molecule has 35 heavy (non-hydrogen) atoms. The highest BCUT2D eigenvalue weighted by atomic mass is 16.6. The van der Waals surface area contributed by atoms with E-state index in [0.29, 0.717) is 32.3 Å². The van der Waals surface area contributed by atoms with E-state index in [0.717, 1.165) is 71.8 Å². The molecule has 0 spiro atoms. The number of pyridine rings is 1. The Hall–Kier alpha value is -2.97. The highest BCUT2D eigenvalue weighted by Crippen LogP contribution is 2.31. The summed E-state index contributed by atoms with van der Waals surface area (Å²) in [7, 11) is 8.13. The summed E-state index contributed by atoms with van der Waals surface area (Å²) in [4.78, 5) is 17.1. The zero-order valence-electron chi connectivity index (χ0n) is 20.5. The lowest BCUT2D eigenvalue weighted by Gasteiger charge is -2.37. The minimum absolute atomic E-state index is 0.0209. The number of ether oxygens (including phenoxy) is 3. The number of nitrogens with zero attached hydrogens (tertiary/aromatic N) is 3. The van der Waals surface area contributed by atoms with Gasteiger partial charge in [0.15, 0.2) is 19.5 Å². The summed E-state index contributed by atoms with van der Waals surface area (Å²) < 4.78 is 18.6. The molecule has 0 atom stereocenters. The Morgan fingerprint density at radius 2 is 1.80 bits per heavy atom. The van der Waals surface area contributed by atoms with Gasteiger partial charge in [-0.15, -0.1) is 0 Å². The quantitative estimate of drug-likeness (QED) is 0.492. The van der Waals surface area contributed by atoms with Crippen LogP contribution < -0.4 is 19.8 Å². The maximum absolute atomic E-state index is 12.7. The molecular formula is C27H32BN3O4. The largest absolute Gasteiger partial charge is 0.497 e. The van der Waals surface area contributed by atoms with Crippen molar-refractivity contribution in [2.24, 2.45) is 0 Å². The zero-order valence-corrected chi connectivity index (χ0v) is 20.5. The number of likely N-dealkylation sites (tertiary alicyclic amines) is 1. The van der Waals surface area contributed by atoms with E-state index < -0.39 is 0 Å². The van der Waals surface area contributed by atoms with Crippen LogP contribution in [0.25, 0.3) is 10.9 Å². The van der Waals surface area contributed by atoms with Crippen molar-refractivity contribution in [1.82, 2.24) is 14.3 Å². The molecule has 182 valence electrons. The second-order valence-corrected chi connectivity index (χ2v) is 9.42. The molecule has 0 unspecified atom stereocenters. The zero-order chi connectivity index (χ0) is 24.4. The Morgan fingerprint density at radius 3 is 2.57 bits per heavy atom. The van der Waals surface area contributed by atoms with Gasteiger partial charge >= 0.3 is 0 Å². The maximum atomic E-state index is 12.7. The molecule has 0 aliphatic carbocycles. The minimum atomic E-state index is 0.0209. The van der Waals surface area contributed by atoms with Gasteiger partial charge in [0.2, 0.25) is 0 Å². The molecule has 3 heterocycles. The molecule has 0 amide bonds. The van der Waals surface area contributed by atoms with Crippen LogP contribution in [0.4, 0.5) is 0 Å². The first-order chi connectivity index (χ1) is 17.0. The molecule has 2 aromatic carbocycles. The van der Waals surface area contributed by atoms with Crippen LogP contribution in [0.1, 0.15) is 24.0 Å². The van der Waals surface area contributed by atoms with Crippen LogP contribution in [0, 0.1) is 6.92 Å². The third-order valence-corrected chi connectivity index (χ3v) is 7.16. The molecule has 0 N–H and O–H groups in total. The first kappa shape index (κ1) is 23.8. The normalized spacial score (nSPS) is 16.7. The molecule has 0 bridgehead atoms. The van der Waals surface area contributed by atoms with Gasteiger partial charge in [0.1, 0.15) is 19.0 Å². The van der Waals surface area contributed by atoms with Gasteiger partial charge in [-0.3, -0.25) is 4.79 Å². The summed E-state index contributed by atoms with van der Waals surface area (Å²) in [5.74, 6) is 2.38. The molecule has 2 aliphatic heterocycles. The van der Waals surface area contributed by atoms with E-state index in [4.69, 9.17) is 22.2 Å². The maximum Gasteiger partial charge on any atom is 0.251 e. The molecule has 8 heteroatoms. The van der Waals surface area contributed by atoms with Gasteiger partial charge in [-0.2, -0.15) is 0 Å². The number of hydrogen-bond donors (Lipinski definition) is 0. The van der Waals surface area contributed by atoms with Crippen LogP contribution in [-0.4, -0.2) is 68.3 Å². The molecule has 3 aromatic rings. The number of hydrogen-bond acceptors (Lipinski definition) is 6. The number of aryl methyl sites for hydroxylation is 1. The van der Waals surface area contributed by atoms with Crippen molar-refractivity contribution >= 4 is 18.9 Å². The van der Waals surface area contributed by atoms with Crippen molar-refractivity contribution < 1.29 is 14.2 Å². The fourth-order valence-electron chi connectivity index (χ4n) is 5.14. The van der Waals surface area contributed by atoms with Crippen molar-refractivity contribution in [3.8, 4) is 17.2 Å². The molecule has 1 saturated heterocycles. The van der Waals surface area contributed by atoms with Crippen molar-refractivity contribution in [2.75, 3.05) is 40.0 Å². The fourth-order valence-corrected chi connectivity index (χ4v) is 5.14. The lowest BCUT2D eigenvalue weighted by atomic mass is 9.99. The molecule has 0 saturated carbocycles. The molecule has 5 rings (SSSR count). The molecule has 7 nitrogen and oxygen atoms in total. The average Bonchev–Trinajstić information content (AvgIpc) is 2.88. The molecule has 1 fully saturated rings. The summed E-state index contributed by atoms with van der Waals surface area (Å²) in [6.45, 7) is 7.30. The Bertz CT molecular complexity index is 1250. The van der Waals surface area contributed by atoms with E-state index in [1.807, 2.05) is 46.6 Å². The Morgan fingerprint density at radius 1 is 1.03 bits per heavy atom. The first-order valence-electron chi connectivity index (χ1n) is 12.3. The number of benzene rings is 2. The van der Waals surface area contributed by atoms with Gasteiger partial charge in [-0.1, -0.05) is 6.07 Å². The van der Waals surface area contributed by atoms with Crippen LogP contribution in [0.5, 0.6) is 17.2 Å². The number of piperidine rings is 1. The van der Waals surface area contributed by atoms with Gasteiger partial charge < -0.3 is 28.5 Å². The first-order valence-corrected chi connectivity index (χ1v) is 12.3. The van der Waals surface area contributed by atoms with Gasteiger partial charge in [0, 0.05) is 43.2 Å². The fraction of sp³-hybridized carbons (Fsp3) is 0.444. The van der Waals surface area contributed by atoms with Crippen molar-refractivity contribution in [1.29, 1.82) is 0 Å². The summed E-state index contributed by atoms with van der Waals surface area (Å²) in [6, 6.07) is 13.9. The Kier molecular flexibility index (Phi) is 7.02. The smallest absolute Gasteiger partial charge is 0.251 e. The van der Waals surface area contributed by atoms with E-state index in [2.05, 4.69) is 11.0 Å². The Balaban J connectivity index is 1.18. The van der Waals surface area contributed by atoms with Crippen LogP contribution in [0.3, 0.4) is 0 Å². The number of rotatable bonds is 7. The average molecular weight is 473 g/mol. The third-order valence-electron chi connectivity index (χ3n) is 7.16. The molecular weight excluding hydrogens is 441 g/mol. The highest BCUT2D eigenvalue weighted by molar-refractivity contribution is 6.04. The standard InChI is InChI=1S/C27H32BN3O4/c1-19-15-22(33-2)17-24-23(19)4-6-27(32)30(24)12-11-29-9-7-21(8-10-29)31(28)18-20-3-5-25-26(16-20)35-14-13-34-25/h3-6,15-17,21H,7-14,18H2,1-2H3. The van der Waals surface area contributed by atoms with Crippen molar-refractivity contribution in [3.05, 3.63) is 63.9 Å². The van der Waals surface area contributed by atoms with E-state index in [9.17, 15) is 4.79 Å². The highest BCUT2D eigenvalue weighted by Gasteiger charge is 2.23. The lowest BCUT2D eigenvalue weighted by Crippen LogP contribution is -2.44. The van der Waals surface area contributed by atoms with Gasteiger partial charge in [0.25, 0.3) is 5.56 Å². The second kappa shape index (κ2) is 10.3. The lowest BCUT2D eigenvalue weighted by molar-refractivity contribution is 0.153. The monoisotopic (exact) mass is 473 g/mol. The van der Waals surface area contributed by atoms with Crippen LogP contribution >= 0.6 is 0 Å². The van der Waals surface area contributed by atoms with Crippen LogP contribution in [0.15, 0.2) is 47.3 Å². The summed E-state index contributed by atoms with van der Waals surface area (Å²) in [5, 5.41) is 1.09. The minimum Gasteiger partial charge on any atom is -0.497 e. The summed E-state index contributed by atoms with van der Waals surface area (Å²) >= 11 is 0.